The Morgan fingerprint density at radius 1 is 1.00 bits per heavy atom. The molecule has 0 spiro atoms. The summed E-state index contributed by atoms with van der Waals surface area (Å²) in [6.07, 6.45) is 1.02. The second-order valence-corrected chi connectivity index (χ2v) is 12.1. The van der Waals surface area contributed by atoms with Gasteiger partial charge in [0.15, 0.2) is 5.96 Å². The zero-order valence-corrected chi connectivity index (χ0v) is 27.3. The number of benzene rings is 2. The van der Waals surface area contributed by atoms with E-state index < -0.39 is 72.2 Å². The lowest BCUT2D eigenvalue weighted by molar-refractivity contribution is -0.142. The fraction of sp³-hybridized carbons (Fsp3) is 0.394. The Bertz CT molecular complexity index is 1710. The fourth-order valence-electron chi connectivity index (χ4n) is 5.82. The van der Waals surface area contributed by atoms with Crippen molar-refractivity contribution in [2.24, 2.45) is 27.9 Å². The Hall–Kier alpha value is -5.55. The minimum absolute atomic E-state index is 0.0291. The lowest BCUT2D eigenvalue weighted by Gasteiger charge is -2.29. The van der Waals surface area contributed by atoms with Gasteiger partial charge in [-0.05, 0) is 55.0 Å². The maximum atomic E-state index is 13.5. The van der Waals surface area contributed by atoms with E-state index in [0.29, 0.717) is 5.56 Å². The van der Waals surface area contributed by atoms with Crippen LogP contribution in [-0.2, 0) is 36.8 Å². The van der Waals surface area contributed by atoms with Gasteiger partial charge >= 0.3 is 0 Å². The van der Waals surface area contributed by atoms with E-state index in [1.54, 1.807) is 6.20 Å². The molecule has 0 radical (unpaired) electrons. The third-order valence-electron chi connectivity index (χ3n) is 8.38. The third-order valence-corrected chi connectivity index (χ3v) is 8.38. The highest BCUT2D eigenvalue weighted by molar-refractivity contribution is 5.95. The first kappa shape index (κ1) is 37.3. The van der Waals surface area contributed by atoms with Crippen LogP contribution >= 0.6 is 0 Å². The molecule has 0 bridgehead atoms. The van der Waals surface area contributed by atoms with Crippen molar-refractivity contribution in [3.63, 3.8) is 0 Å². The molecule has 50 heavy (non-hydrogen) atoms. The Morgan fingerprint density at radius 3 is 2.42 bits per heavy atom. The van der Waals surface area contributed by atoms with Gasteiger partial charge in [0.2, 0.25) is 29.5 Å². The molecule has 1 aromatic heterocycles. The number of aromatic amines is 1. The molecule has 16 nitrogen and oxygen atoms in total. The lowest BCUT2D eigenvalue weighted by Crippen LogP contribution is -2.58. The monoisotopic (exact) mass is 694 g/mol. The SMILES string of the molecule is NC(=O)[C@H](Cc1c[nH]c2ccccc12)NC(=O)CNC(=O)[C@H](CCCN=C(N)N)NC(=O)[C@@H]1[C@@H](O)CCN1C(=O)[C@@H](N)Cc1ccc(F)cc1. The van der Waals surface area contributed by atoms with Crippen molar-refractivity contribution < 1.29 is 33.5 Å². The highest BCUT2D eigenvalue weighted by Crippen LogP contribution is 2.21. The van der Waals surface area contributed by atoms with E-state index in [-0.39, 0.29) is 51.2 Å². The molecule has 3 aromatic rings. The Balaban J connectivity index is 1.39. The number of carbonyl (C=O) groups excluding carboxylic acids is 5. The molecule has 2 aromatic carbocycles. The molecule has 0 saturated carbocycles. The van der Waals surface area contributed by atoms with Gasteiger partial charge in [-0.2, -0.15) is 0 Å². The van der Waals surface area contributed by atoms with E-state index in [9.17, 15) is 33.5 Å². The Kier molecular flexibility index (Phi) is 12.8. The van der Waals surface area contributed by atoms with E-state index >= 15 is 0 Å². The molecule has 5 amide bonds. The number of aromatic nitrogens is 1. The number of primary amides is 1. The van der Waals surface area contributed by atoms with E-state index in [0.717, 1.165) is 21.4 Å². The summed E-state index contributed by atoms with van der Waals surface area (Å²) in [4.78, 5) is 73.3. The van der Waals surface area contributed by atoms with Crippen molar-refractivity contribution in [2.75, 3.05) is 19.6 Å². The van der Waals surface area contributed by atoms with Crippen molar-refractivity contribution in [2.45, 2.75) is 62.4 Å². The number of aliphatic hydroxyl groups excluding tert-OH is 1. The molecular formula is C33H43FN10O6. The number of rotatable bonds is 16. The number of H-pyrrole nitrogens is 1. The van der Waals surface area contributed by atoms with Gasteiger partial charge in [0.05, 0.1) is 18.7 Å². The number of halogens is 1. The number of hydrogen-bond acceptors (Lipinski definition) is 8. The largest absolute Gasteiger partial charge is 0.390 e. The molecule has 4 rings (SSSR count). The zero-order chi connectivity index (χ0) is 36.4. The maximum absolute atomic E-state index is 13.5. The number of guanidine groups is 1. The average molecular weight is 695 g/mol. The standard InChI is InChI=1S/C33H43FN10O6/c34-20-9-7-18(8-10-20)14-22(35)32(50)44-13-11-26(45)28(44)31(49)43-24(6-3-12-39-33(37)38)30(48)41-17-27(46)42-25(29(36)47)15-19-16-40-23-5-2-1-4-21(19)23/h1-2,4-5,7-10,16,22,24-26,28,40,45H,3,6,11-15,17,35H2,(H2,36,47)(H,41,48)(H,42,46)(H,43,49)(H4,37,38,39)/t22-,24-,25-,26-,28-/m0/s1. The van der Waals surface area contributed by atoms with Gasteiger partial charge in [-0.15, -0.1) is 0 Å². The van der Waals surface area contributed by atoms with E-state index in [2.05, 4.69) is 25.9 Å². The normalized spacial score (nSPS) is 17.4. The smallest absolute Gasteiger partial charge is 0.246 e. The van der Waals surface area contributed by atoms with Crippen molar-refractivity contribution in [3.8, 4) is 0 Å². The molecule has 17 heteroatoms. The van der Waals surface area contributed by atoms with Crippen LogP contribution in [0.2, 0.25) is 0 Å². The quantitative estimate of drug-likeness (QED) is 0.0455. The number of fused-ring (bicyclic) bond motifs is 1. The Labute approximate surface area is 287 Å². The zero-order valence-electron chi connectivity index (χ0n) is 27.3. The van der Waals surface area contributed by atoms with Gasteiger partial charge in [0, 0.05) is 36.6 Å². The summed E-state index contributed by atoms with van der Waals surface area (Å²) in [5.41, 5.74) is 24.7. The molecule has 1 saturated heterocycles. The topological polar surface area (TPSA) is 277 Å². The predicted molar refractivity (Wildman–Crippen MR) is 182 cm³/mol. The summed E-state index contributed by atoms with van der Waals surface area (Å²) in [5, 5.41) is 19.1. The van der Waals surface area contributed by atoms with Gasteiger partial charge in [-0.1, -0.05) is 30.3 Å². The van der Waals surface area contributed by atoms with Crippen LogP contribution < -0.4 is 38.9 Å². The van der Waals surface area contributed by atoms with Crippen molar-refractivity contribution in [3.05, 3.63) is 71.7 Å². The number of carbonyl (C=O) groups is 5. The van der Waals surface area contributed by atoms with Crippen LogP contribution in [0.25, 0.3) is 10.9 Å². The number of amides is 5. The molecular weight excluding hydrogens is 651 g/mol. The molecule has 13 N–H and O–H groups in total. The number of hydrogen-bond donors (Lipinski definition) is 9. The number of para-hydroxylation sites is 1. The summed E-state index contributed by atoms with van der Waals surface area (Å²) >= 11 is 0. The summed E-state index contributed by atoms with van der Waals surface area (Å²) in [5.74, 6) is -4.24. The number of nitrogens with zero attached hydrogens (tertiary/aromatic N) is 2. The number of nitrogens with one attached hydrogen (secondary N) is 4. The van der Waals surface area contributed by atoms with Crippen LogP contribution in [0.5, 0.6) is 0 Å². The molecule has 0 unspecified atom stereocenters. The van der Waals surface area contributed by atoms with E-state index in [1.807, 2.05) is 24.3 Å². The van der Waals surface area contributed by atoms with Crippen LogP contribution in [0.15, 0.2) is 59.7 Å². The molecule has 268 valence electrons. The number of aliphatic hydroxyl groups is 1. The van der Waals surface area contributed by atoms with Crippen molar-refractivity contribution in [1.29, 1.82) is 0 Å². The molecule has 1 fully saturated rings. The minimum Gasteiger partial charge on any atom is -0.390 e. The van der Waals surface area contributed by atoms with Gasteiger partial charge in [0.1, 0.15) is 23.9 Å². The second kappa shape index (κ2) is 17.2. The maximum Gasteiger partial charge on any atom is 0.246 e. The predicted octanol–water partition coefficient (Wildman–Crippen LogP) is -1.99. The van der Waals surface area contributed by atoms with Crippen molar-refractivity contribution in [1.82, 2.24) is 25.8 Å². The van der Waals surface area contributed by atoms with E-state index in [1.165, 1.54) is 24.3 Å². The average Bonchev–Trinajstić information content (AvgIpc) is 3.68. The van der Waals surface area contributed by atoms with Gasteiger partial charge in [0.25, 0.3) is 0 Å². The van der Waals surface area contributed by atoms with Crippen LogP contribution in [0.3, 0.4) is 0 Å². The number of nitrogens with two attached hydrogens (primary N) is 4. The minimum atomic E-state index is -1.35. The van der Waals surface area contributed by atoms with Crippen LogP contribution in [0.1, 0.15) is 30.4 Å². The number of likely N-dealkylation sites (tertiary alicyclic amines) is 1. The van der Waals surface area contributed by atoms with Gasteiger partial charge in [-0.3, -0.25) is 29.0 Å². The summed E-state index contributed by atoms with van der Waals surface area (Å²) in [6.45, 7) is -0.381. The van der Waals surface area contributed by atoms with Gasteiger partial charge in [-0.25, -0.2) is 4.39 Å². The highest BCUT2D eigenvalue weighted by Gasteiger charge is 2.43. The van der Waals surface area contributed by atoms with E-state index in [4.69, 9.17) is 22.9 Å². The number of aliphatic imine (C=N–C) groups is 1. The third kappa shape index (κ3) is 9.99. The van der Waals surface area contributed by atoms with Gasteiger partial charge < -0.3 is 53.9 Å². The molecule has 5 atom stereocenters. The molecule has 1 aliphatic heterocycles. The second-order valence-electron chi connectivity index (χ2n) is 12.1. The highest BCUT2D eigenvalue weighted by atomic mass is 19.1. The van der Waals surface area contributed by atoms with Crippen molar-refractivity contribution >= 4 is 46.4 Å². The first-order valence-corrected chi connectivity index (χ1v) is 16.1. The fourth-order valence-corrected chi connectivity index (χ4v) is 5.82. The summed E-state index contributed by atoms with van der Waals surface area (Å²) in [6, 6.07) is 8.18. The molecule has 0 aliphatic carbocycles. The van der Waals surface area contributed by atoms with Crippen LogP contribution in [-0.4, -0.2) is 100 Å². The molecule has 2 heterocycles. The Morgan fingerprint density at radius 2 is 1.72 bits per heavy atom. The first-order chi connectivity index (χ1) is 23.8. The first-order valence-electron chi connectivity index (χ1n) is 16.1. The summed E-state index contributed by atoms with van der Waals surface area (Å²) < 4.78 is 13.3. The summed E-state index contributed by atoms with van der Waals surface area (Å²) in [7, 11) is 0. The lowest BCUT2D eigenvalue weighted by atomic mass is 10.0. The molecule has 1 aliphatic rings. The van der Waals surface area contributed by atoms with Crippen LogP contribution in [0.4, 0.5) is 4.39 Å². The van der Waals surface area contributed by atoms with Crippen LogP contribution in [0, 0.1) is 5.82 Å².